The predicted molar refractivity (Wildman–Crippen MR) is 104 cm³/mol. The monoisotopic (exact) mass is 386 g/mol. The lowest BCUT2D eigenvalue weighted by atomic mass is 10.2. The summed E-state index contributed by atoms with van der Waals surface area (Å²) in [5, 5.41) is 2.83. The smallest absolute Gasteiger partial charge is 0.265 e. The number of thioether (sulfide) groups is 1. The number of benzene rings is 2. The Kier molecular flexibility index (Phi) is 5.70. The van der Waals surface area contributed by atoms with Crippen LogP contribution in [0.5, 0.6) is 0 Å². The van der Waals surface area contributed by atoms with Gasteiger partial charge < -0.3 is 11.1 Å². The largest absolute Gasteiger partial charge is 0.369 e. The minimum absolute atomic E-state index is 0.128. The molecule has 4 nitrogen and oxygen atoms in total. The lowest BCUT2D eigenvalue weighted by Gasteiger charge is -2.09. The van der Waals surface area contributed by atoms with Gasteiger partial charge in [0, 0.05) is 15.3 Å². The zero-order chi connectivity index (χ0) is 18.5. The van der Waals surface area contributed by atoms with Crippen molar-refractivity contribution >= 4 is 40.6 Å². The molecule has 2 amide bonds. The van der Waals surface area contributed by atoms with E-state index in [9.17, 15) is 14.0 Å². The Morgan fingerprint density at radius 3 is 2.54 bits per heavy atom. The molecule has 2 aromatic carbocycles. The number of nitrogens with two attached hydrogens (primary N) is 1. The molecule has 0 bridgehead atoms. The third kappa shape index (κ3) is 4.30. The average Bonchev–Trinajstić information content (AvgIpc) is 3.11. The van der Waals surface area contributed by atoms with Crippen molar-refractivity contribution in [2.45, 2.75) is 4.90 Å². The van der Waals surface area contributed by atoms with Crippen molar-refractivity contribution in [2.75, 3.05) is 11.1 Å². The molecule has 3 rings (SSSR count). The van der Waals surface area contributed by atoms with Gasteiger partial charge in [0.05, 0.1) is 16.3 Å². The topological polar surface area (TPSA) is 72.2 Å². The van der Waals surface area contributed by atoms with Gasteiger partial charge in [0.1, 0.15) is 5.82 Å². The van der Waals surface area contributed by atoms with Crippen LogP contribution >= 0.6 is 23.1 Å². The van der Waals surface area contributed by atoms with E-state index in [2.05, 4.69) is 5.32 Å². The SMILES string of the molecule is NC(=O)CSc1ccccc1NC(=O)c1ccc(-c2ccccc2F)s1. The van der Waals surface area contributed by atoms with Crippen LogP contribution in [0, 0.1) is 5.82 Å². The second kappa shape index (κ2) is 8.16. The summed E-state index contributed by atoms with van der Waals surface area (Å²) in [6.45, 7) is 0. The number of nitrogens with one attached hydrogen (secondary N) is 1. The molecule has 0 atom stereocenters. The minimum Gasteiger partial charge on any atom is -0.369 e. The summed E-state index contributed by atoms with van der Waals surface area (Å²) in [7, 11) is 0. The number of amides is 2. The van der Waals surface area contributed by atoms with E-state index in [1.807, 2.05) is 12.1 Å². The molecular formula is C19H15FN2O2S2. The summed E-state index contributed by atoms with van der Waals surface area (Å²) >= 11 is 2.48. The molecule has 1 heterocycles. The number of anilines is 1. The van der Waals surface area contributed by atoms with Crippen molar-refractivity contribution in [3.05, 3.63) is 71.4 Å². The normalized spacial score (nSPS) is 10.5. The second-order valence-corrected chi connectivity index (χ2v) is 7.45. The Hall–Kier alpha value is -2.64. The molecule has 7 heteroatoms. The van der Waals surface area contributed by atoms with Crippen LogP contribution in [0.1, 0.15) is 9.67 Å². The predicted octanol–water partition coefficient (Wildman–Crippen LogP) is 4.38. The molecule has 3 aromatic rings. The zero-order valence-electron chi connectivity index (χ0n) is 13.6. The molecular weight excluding hydrogens is 371 g/mol. The van der Waals surface area contributed by atoms with Crippen molar-refractivity contribution in [2.24, 2.45) is 5.73 Å². The van der Waals surface area contributed by atoms with E-state index in [0.29, 0.717) is 21.0 Å². The number of hydrogen-bond donors (Lipinski definition) is 2. The van der Waals surface area contributed by atoms with Gasteiger partial charge in [-0.15, -0.1) is 23.1 Å². The van der Waals surface area contributed by atoms with Gasteiger partial charge in [-0.05, 0) is 30.3 Å². The van der Waals surface area contributed by atoms with E-state index in [0.717, 1.165) is 4.90 Å². The molecule has 1 aromatic heterocycles. The average molecular weight is 386 g/mol. The number of thiophene rings is 1. The fraction of sp³-hybridized carbons (Fsp3) is 0.0526. The number of para-hydroxylation sites is 1. The van der Waals surface area contributed by atoms with Crippen LogP contribution in [0.3, 0.4) is 0 Å². The Balaban J connectivity index is 1.78. The maximum atomic E-state index is 13.9. The number of carbonyl (C=O) groups is 2. The summed E-state index contributed by atoms with van der Waals surface area (Å²) in [6, 6.07) is 17.0. The molecule has 3 N–H and O–H groups in total. The highest BCUT2D eigenvalue weighted by Crippen LogP contribution is 2.31. The first-order valence-corrected chi connectivity index (χ1v) is 9.51. The van der Waals surface area contributed by atoms with Gasteiger partial charge in [0.15, 0.2) is 0 Å². The third-order valence-electron chi connectivity index (χ3n) is 3.47. The van der Waals surface area contributed by atoms with Crippen molar-refractivity contribution in [3.8, 4) is 10.4 Å². The molecule has 0 aliphatic heterocycles. The second-order valence-electron chi connectivity index (χ2n) is 5.35. The van der Waals surface area contributed by atoms with Crippen molar-refractivity contribution < 1.29 is 14.0 Å². The first-order valence-electron chi connectivity index (χ1n) is 7.71. The first-order chi connectivity index (χ1) is 12.5. The fourth-order valence-electron chi connectivity index (χ4n) is 2.29. The molecule has 0 unspecified atom stereocenters. The number of rotatable bonds is 6. The number of hydrogen-bond acceptors (Lipinski definition) is 4. The van der Waals surface area contributed by atoms with Gasteiger partial charge in [-0.3, -0.25) is 9.59 Å². The Labute approximate surface area is 158 Å². The zero-order valence-corrected chi connectivity index (χ0v) is 15.2. The lowest BCUT2D eigenvalue weighted by molar-refractivity contribution is -0.115. The standard InChI is InChI=1S/C19H15FN2O2S2/c20-13-6-2-1-5-12(13)15-9-10-17(26-15)19(24)22-14-7-3-4-8-16(14)25-11-18(21)23/h1-10H,11H2,(H2,21,23)(H,22,24). The van der Waals surface area contributed by atoms with Crippen LogP contribution in [0.15, 0.2) is 65.6 Å². The summed E-state index contributed by atoms with van der Waals surface area (Å²) in [4.78, 5) is 25.4. The molecule has 0 saturated carbocycles. The third-order valence-corrected chi connectivity index (χ3v) is 5.69. The Morgan fingerprint density at radius 1 is 1.04 bits per heavy atom. The maximum absolute atomic E-state index is 13.9. The van der Waals surface area contributed by atoms with E-state index < -0.39 is 5.91 Å². The van der Waals surface area contributed by atoms with Crippen LogP contribution < -0.4 is 11.1 Å². The summed E-state index contributed by atoms with van der Waals surface area (Å²) in [5.41, 5.74) is 6.24. The van der Waals surface area contributed by atoms with E-state index >= 15 is 0 Å². The van der Waals surface area contributed by atoms with E-state index in [4.69, 9.17) is 5.73 Å². The van der Waals surface area contributed by atoms with Crippen LogP contribution in [0.4, 0.5) is 10.1 Å². The van der Waals surface area contributed by atoms with Gasteiger partial charge in [-0.25, -0.2) is 4.39 Å². The van der Waals surface area contributed by atoms with Crippen LogP contribution in [-0.4, -0.2) is 17.6 Å². The summed E-state index contributed by atoms with van der Waals surface area (Å²) < 4.78 is 13.9. The number of primary amides is 1. The number of halogens is 1. The highest BCUT2D eigenvalue weighted by atomic mass is 32.2. The molecule has 132 valence electrons. The Bertz CT molecular complexity index is 956. The van der Waals surface area contributed by atoms with Gasteiger partial charge in [0.25, 0.3) is 5.91 Å². The van der Waals surface area contributed by atoms with Gasteiger partial charge >= 0.3 is 0 Å². The van der Waals surface area contributed by atoms with Crippen molar-refractivity contribution in [1.29, 1.82) is 0 Å². The molecule has 0 spiro atoms. The highest BCUT2D eigenvalue weighted by molar-refractivity contribution is 8.00. The van der Waals surface area contributed by atoms with E-state index in [1.54, 1.807) is 42.5 Å². The fourth-order valence-corrected chi connectivity index (χ4v) is 3.97. The Morgan fingerprint density at radius 2 is 1.77 bits per heavy atom. The first kappa shape index (κ1) is 18.2. The van der Waals surface area contributed by atoms with E-state index in [-0.39, 0.29) is 17.5 Å². The minimum atomic E-state index is -0.427. The van der Waals surface area contributed by atoms with Gasteiger partial charge in [-0.2, -0.15) is 0 Å². The quantitative estimate of drug-likeness (QED) is 0.618. The maximum Gasteiger partial charge on any atom is 0.265 e. The van der Waals surface area contributed by atoms with Gasteiger partial charge in [0.2, 0.25) is 5.91 Å². The molecule has 0 fully saturated rings. The van der Waals surface area contributed by atoms with Gasteiger partial charge in [-0.1, -0.05) is 30.3 Å². The van der Waals surface area contributed by atoms with Crippen LogP contribution in [-0.2, 0) is 4.79 Å². The molecule has 0 aliphatic rings. The highest BCUT2D eigenvalue weighted by Gasteiger charge is 2.14. The van der Waals surface area contributed by atoms with E-state index in [1.165, 1.54) is 29.2 Å². The van der Waals surface area contributed by atoms with Crippen molar-refractivity contribution in [1.82, 2.24) is 0 Å². The summed E-state index contributed by atoms with van der Waals surface area (Å²) in [5.74, 6) is -0.910. The molecule has 0 aliphatic carbocycles. The van der Waals surface area contributed by atoms with Crippen LogP contribution in [0.2, 0.25) is 0 Å². The summed E-state index contributed by atoms with van der Waals surface area (Å²) in [6.07, 6.45) is 0. The van der Waals surface area contributed by atoms with Crippen molar-refractivity contribution in [3.63, 3.8) is 0 Å². The molecule has 0 saturated heterocycles. The molecule has 0 radical (unpaired) electrons. The molecule has 26 heavy (non-hydrogen) atoms. The lowest BCUT2D eigenvalue weighted by Crippen LogP contribution is -2.14. The van der Waals surface area contributed by atoms with Crippen LogP contribution in [0.25, 0.3) is 10.4 Å². The number of carbonyl (C=O) groups excluding carboxylic acids is 2.